The number of esters is 2. The van der Waals surface area contributed by atoms with Crippen molar-refractivity contribution in [3.63, 3.8) is 0 Å². The van der Waals surface area contributed by atoms with Gasteiger partial charge in [0.05, 0.1) is 13.2 Å². The lowest BCUT2D eigenvalue weighted by molar-refractivity contribution is -0.161. The molecule has 2 atom stereocenters. The van der Waals surface area contributed by atoms with E-state index in [-0.39, 0.29) is 38.6 Å². The summed E-state index contributed by atoms with van der Waals surface area (Å²) >= 11 is 0. The van der Waals surface area contributed by atoms with Crippen molar-refractivity contribution in [3.05, 3.63) is 97.2 Å². The Balaban J connectivity index is 3.84. The van der Waals surface area contributed by atoms with Crippen molar-refractivity contribution in [2.75, 3.05) is 26.4 Å². The van der Waals surface area contributed by atoms with Gasteiger partial charge in [-0.15, -0.1) is 0 Å². The van der Waals surface area contributed by atoms with Gasteiger partial charge in [-0.25, -0.2) is 4.57 Å². The maximum Gasteiger partial charge on any atom is 0.472 e. The van der Waals surface area contributed by atoms with E-state index >= 15 is 0 Å². The summed E-state index contributed by atoms with van der Waals surface area (Å²) in [6.45, 7) is 3.67. The van der Waals surface area contributed by atoms with Gasteiger partial charge in [-0.1, -0.05) is 381 Å². The number of carbonyl (C=O) groups is 2. The summed E-state index contributed by atoms with van der Waals surface area (Å²) < 4.78 is 33.2. The van der Waals surface area contributed by atoms with Crippen molar-refractivity contribution >= 4 is 19.8 Å². The molecule has 0 radical (unpaired) electrons. The maximum absolute atomic E-state index is 12.8. The summed E-state index contributed by atoms with van der Waals surface area (Å²) in [5.74, 6) is -0.826. The van der Waals surface area contributed by atoms with Crippen molar-refractivity contribution in [2.24, 2.45) is 5.73 Å². The van der Waals surface area contributed by atoms with Crippen LogP contribution in [0.25, 0.3) is 0 Å². The second-order valence-electron chi connectivity index (χ2n) is 25.9. The van der Waals surface area contributed by atoms with Crippen molar-refractivity contribution in [3.8, 4) is 0 Å². The Morgan fingerprint density at radius 2 is 0.604 bits per heavy atom. The zero-order valence-electron chi connectivity index (χ0n) is 59.6. The zero-order chi connectivity index (χ0) is 65.8. The number of hydrogen-bond acceptors (Lipinski definition) is 8. The van der Waals surface area contributed by atoms with Crippen LogP contribution in [0.15, 0.2) is 97.2 Å². The SMILES string of the molecule is CC/C=C\C/C=C\C/C=C\C/C=C\C/C=C\C/C=C\C/C=C\C/C=C\CCCCCCCCCCC(=O)OC(COC(=O)CCCCCCCCCCCCCCCCCCCCCCCCCCCCCCCCCCCCCCC)COP(=O)(O)OCCN. The van der Waals surface area contributed by atoms with E-state index in [0.717, 1.165) is 96.3 Å². The lowest BCUT2D eigenvalue weighted by Crippen LogP contribution is -2.29. The first kappa shape index (κ1) is 87.9. The van der Waals surface area contributed by atoms with Crippen LogP contribution in [0.3, 0.4) is 0 Å². The Labute approximate surface area is 563 Å². The quantitative estimate of drug-likeness (QED) is 0.0264. The number of ether oxygens (including phenoxy) is 2. The first-order valence-corrected chi connectivity index (χ1v) is 40.2. The lowest BCUT2D eigenvalue weighted by Gasteiger charge is -2.19. The number of nitrogens with two attached hydrogens (primary N) is 1. The summed E-state index contributed by atoms with van der Waals surface area (Å²) in [4.78, 5) is 35.4. The molecule has 0 heterocycles. The van der Waals surface area contributed by atoms with Crippen LogP contribution in [0.5, 0.6) is 0 Å². The monoisotopic (exact) mass is 1290 g/mol. The molecule has 0 saturated carbocycles. The van der Waals surface area contributed by atoms with Gasteiger partial charge in [0.2, 0.25) is 0 Å². The molecule has 0 rings (SSSR count). The molecule has 3 N–H and O–H groups in total. The lowest BCUT2D eigenvalue weighted by atomic mass is 10.0. The first-order valence-electron chi connectivity index (χ1n) is 38.7. The highest BCUT2D eigenvalue weighted by Crippen LogP contribution is 2.43. The summed E-state index contributed by atoms with van der Waals surface area (Å²) in [6, 6.07) is 0. The van der Waals surface area contributed by atoms with E-state index in [2.05, 4.69) is 111 Å². The summed E-state index contributed by atoms with van der Waals surface area (Å²) in [5, 5.41) is 0. The highest BCUT2D eigenvalue weighted by atomic mass is 31.2. The molecule has 91 heavy (non-hydrogen) atoms. The van der Waals surface area contributed by atoms with Crippen LogP contribution in [0, 0.1) is 0 Å². The molecule has 0 aromatic rings. The summed E-state index contributed by atoms with van der Waals surface area (Å²) in [7, 11) is -4.40. The van der Waals surface area contributed by atoms with Gasteiger partial charge in [-0.3, -0.25) is 18.6 Å². The molecule has 0 aliphatic rings. The molecule has 10 heteroatoms. The van der Waals surface area contributed by atoms with E-state index in [1.807, 2.05) is 0 Å². The van der Waals surface area contributed by atoms with E-state index in [0.29, 0.717) is 6.42 Å². The smallest absolute Gasteiger partial charge is 0.462 e. The van der Waals surface area contributed by atoms with Gasteiger partial charge in [0.25, 0.3) is 0 Å². The highest BCUT2D eigenvalue weighted by molar-refractivity contribution is 7.47. The molecule has 0 aliphatic carbocycles. The Bertz CT molecular complexity index is 1820. The average Bonchev–Trinajstić information content (AvgIpc) is 3.74. The molecule has 0 fully saturated rings. The fourth-order valence-corrected chi connectivity index (χ4v) is 12.1. The van der Waals surface area contributed by atoms with Crippen LogP contribution in [-0.4, -0.2) is 49.3 Å². The average molecular weight is 1290 g/mol. The van der Waals surface area contributed by atoms with Gasteiger partial charge in [0.1, 0.15) is 6.61 Å². The highest BCUT2D eigenvalue weighted by Gasteiger charge is 2.26. The molecule has 0 bridgehead atoms. The van der Waals surface area contributed by atoms with Crippen LogP contribution in [0.1, 0.15) is 373 Å². The topological polar surface area (TPSA) is 134 Å². The van der Waals surface area contributed by atoms with Gasteiger partial charge < -0.3 is 20.1 Å². The second kappa shape index (κ2) is 76.0. The van der Waals surface area contributed by atoms with Crippen LogP contribution < -0.4 is 5.73 Å². The van der Waals surface area contributed by atoms with Gasteiger partial charge in [0.15, 0.2) is 6.10 Å². The third kappa shape index (κ3) is 75.8. The number of phosphoric acid groups is 1. The van der Waals surface area contributed by atoms with Gasteiger partial charge in [-0.2, -0.15) is 0 Å². The largest absolute Gasteiger partial charge is 0.472 e. The number of unbranched alkanes of at least 4 members (excludes halogenated alkanes) is 44. The molecular weight excluding hydrogens is 1150 g/mol. The fraction of sp³-hybridized carbons (Fsp3) is 0.778. The van der Waals surface area contributed by atoms with Crippen LogP contribution in [0.4, 0.5) is 0 Å². The molecule has 0 aromatic carbocycles. The van der Waals surface area contributed by atoms with Crippen molar-refractivity contribution in [1.29, 1.82) is 0 Å². The number of carbonyl (C=O) groups excluding carboxylic acids is 2. The molecule has 9 nitrogen and oxygen atoms in total. The second-order valence-corrected chi connectivity index (χ2v) is 27.3. The molecular formula is C81H146NO8P. The van der Waals surface area contributed by atoms with E-state index in [9.17, 15) is 19.0 Å². The first-order chi connectivity index (χ1) is 44.8. The standard InChI is InChI=1S/C81H146NO8P/c1-3-5-7-9-11-13-15-17-19-21-23-25-27-29-31-33-35-37-38-39-40-42-43-45-47-49-51-53-55-57-59-61-63-65-67-69-71-73-80(83)87-77-79(78-89-91(85,86)88-76-75-82)90-81(84)74-72-70-68-66-64-62-60-58-56-54-52-50-48-46-44-41-36-34-32-30-28-26-24-22-20-18-16-14-12-10-8-6-4-2/h6,8,12,14,18,20,24,26,30,32,36,41,46,48,52,54,79H,3-5,7,9-11,13,15-17,19,21-23,25,27-29,31,33-35,37-40,42-45,47,49-51,53,55-78,82H2,1-2H3,(H,85,86)/b8-6-,14-12-,20-18-,26-24-,32-30-,41-36-,48-46-,54-52-. The molecule has 2 unspecified atom stereocenters. The Morgan fingerprint density at radius 3 is 0.901 bits per heavy atom. The van der Waals surface area contributed by atoms with E-state index in [1.165, 1.54) is 244 Å². The Kier molecular flexibility index (Phi) is 73.4. The third-order valence-corrected chi connectivity index (χ3v) is 18.0. The molecule has 0 amide bonds. The number of phosphoric ester groups is 1. The van der Waals surface area contributed by atoms with Gasteiger partial charge in [-0.05, 0) is 77.0 Å². The van der Waals surface area contributed by atoms with Crippen molar-refractivity contribution < 1.29 is 37.6 Å². The Hall–Kier alpha value is -3.07. The molecule has 0 spiro atoms. The number of allylic oxidation sites excluding steroid dienone is 16. The zero-order valence-corrected chi connectivity index (χ0v) is 60.5. The molecule has 0 saturated heterocycles. The van der Waals surface area contributed by atoms with E-state index in [1.54, 1.807) is 0 Å². The van der Waals surface area contributed by atoms with E-state index < -0.39 is 26.5 Å². The predicted octanol–water partition coefficient (Wildman–Crippen LogP) is 25.9. The van der Waals surface area contributed by atoms with Crippen LogP contribution in [0.2, 0.25) is 0 Å². The van der Waals surface area contributed by atoms with Crippen LogP contribution >= 0.6 is 7.82 Å². The summed E-state index contributed by atoms with van der Waals surface area (Å²) in [6.07, 6.45) is 104. The minimum absolute atomic E-state index is 0.0492. The fourth-order valence-electron chi connectivity index (χ4n) is 11.3. The number of rotatable bonds is 73. The minimum atomic E-state index is -4.40. The minimum Gasteiger partial charge on any atom is -0.462 e. The van der Waals surface area contributed by atoms with Crippen molar-refractivity contribution in [1.82, 2.24) is 0 Å². The number of hydrogen-bond donors (Lipinski definition) is 2. The predicted molar refractivity (Wildman–Crippen MR) is 395 cm³/mol. The molecule has 0 aromatic heterocycles. The van der Waals surface area contributed by atoms with E-state index in [4.69, 9.17) is 24.3 Å². The maximum atomic E-state index is 12.8. The molecule has 0 aliphatic heterocycles. The third-order valence-electron chi connectivity index (χ3n) is 17.0. The van der Waals surface area contributed by atoms with Crippen molar-refractivity contribution in [2.45, 2.75) is 380 Å². The molecule has 528 valence electrons. The van der Waals surface area contributed by atoms with Gasteiger partial charge >= 0.3 is 19.8 Å². The Morgan fingerprint density at radius 1 is 0.341 bits per heavy atom. The van der Waals surface area contributed by atoms with Gasteiger partial charge in [0, 0.05) is 19.4 Å². The summed E-state index contributed by atoms with van der Waals surface area (Å²) in [5.41, 5.74) is 5.41. The van der Waals surface area contributed by atoms with Crippen LogP contribution in [-0.2, 0) is 32.7 Å². The normalized spacial score (nSPS) is 13.4.